The van der Waals surface area contributed by atoms with Crippen molar-refractivity contribution in [1.29, 1.82) is 0 Å². The Morgan fingerprint density at radius 3 is 2.45 bits per heavy atom. The van der Waals surface area contributed by atoms with Gasteiger partial charge in [-0.15, -0.1) is 0 Å². The number of amides is 1. The first-order valence-corrected chi connectivity index (χ1v) is 6.83. The number of rotatable bonds is 2. The van der Waals surface area contributed by atoms with Gasteiger partial charge in [0.15, 0.2) is 5.75 Å². The van der Waals surface area contributed by atoms with Crippen molar-refractivity contribution < 1.29 is 9.53 Å². The molecule has 104 valence electrons. The van der Waals surface area contributed by atoms with Crippen LogP contribution in [-0.4, -0.2) is 17.1 Å². The summed E-state index contributed by atoms with van der Waals surface area (Å²) in [5.41, 5.74) is 4.48. The van der Waals surface area contributed by atoms with Gasteiger partial charge >= 0.3 is 6.09 Å². The van der Waals surface area contributed by atoms with E-state index in [2.05, 4.69) is 22.4 Å². The van der Waals surface area contributed by atoms with Crippen LogP contribution in [-0.2, 0) is 12.8 Å². The largest absolute Gasteiger partial charge is 0.412 e. The van der Waals surface area contributed by atoms with E-state index in [0.29, 0.717) is 5.75 Å². The minimum Gasteiger partial charge on any atom is -0.408 e. The Bertz CT molecular complexity index is 621. The molecule has 1 aromatic heterocycles. The fourth-order valence-corrected chi connectivity index (χ4v) is 2.76. The molecule has 0 aliphatic heterocycles. The number of ether oxygens (including phenoxy) is 1. The van der Waals surface area contributed by atoms with Gasteiger partial charge < -0.3 is 15.0 Å². The average Bonchev–Trinajstić information content (AvgIpc) is 2.92. The van der Waals surface area contributed by atoms with E-state index in [0.717, 1.165) is 24.2 Å². The molecule has 0 fully saturated rings. The summed E-state index contributed by atoms with van der Waals surface area (Å²) in [4.78, 5) is 15.0. The van der Waals surface area contributed by atoms with Crippen molar-refractivity contribution in [2.45, 2.75) is 32.7 Å². The predicted octanol–water partition coefficient (Wildman–Crippen LogP) is 2.89. The van der Waals surface area contributed by atoms with E-state index < -0.39 is 0 Å². The summed E-state index contributed by atoms with van der Waals surface area (Å²) in [6, 6.07) is 10.2. The Balaban J connectivity index is 1.60. The number of aromatic nitrogens is 1. The van der Waals surface area contributed by atoms with Gasteiger partial charge in [-0.05, 0) is 37.8 Å². The molecule has 0 saturated carbocycles. The second-order valence-corrected chi connectivity index (χ2v) is 5.35. The zero-order valence-electron chi connectivity index (χ0n) is 11.7. The molecule has 0 radical (unpaired) electrons. The zero-order valence-corrected chi connectivity index (χ0v) is 11.7. The number of hydrogen-bond acceptors (Lipinski definition) is 2. The van der Waals surface area contributed by atoms with E-state index in [-0.39, 0.29) is 12.1 Å². The van der Waals surface area contributed by atoms with E-state index in [9.17, 15) is 4.79 Å². The molecule has 1 aliphatic rings. The molecular weight excluding hydrogens is 252 g/mol. The molecule has 0 unspecified atom stereocenters. The Labute approximate surface area is 118 Å². The van der Waals surface area contributed by atoms with Gasteiger partial charge in [-0.2, -0.15) is 0 Å². The molecular formula is C16H18N2O2. The first-order chi connectivity index (χ1) is 9.61. The summed E-state index contributed by atoms with van der Waals surface area (Å²) >= 11 is 0. The summed E-state index contributed by atoms with van der Waals surface area (Å²) in [7, 11) is 0. The summed E-state index contributed by atoms with van der Waals surface area (Å²) < 4.78 is 5.35. The van der Waals surface area contributed by atoms with Crippen LogP contribution in [0.1, 0.15) is 22.5 Å². The Morgan fingerprint density at radius 1 is 1.25 bits per heavy atom. The van der Waals surface area contributed by atoms with Crippen LogP contribution < -0.4 is 10.1 Å². The molecule has 1 amide bonds. The number of aryl methyl sites for hydroxylation is 2. The monoisotopic (exact) mass is 270 g/mol. The van der Waals surface area contributed by atoms with Crippen LogP contribution in [0.5, 0.6) is 5.75 Å². The molecule has 3 rings (SSSR count). The Hall–Kier alpha value is -2.23. The van der Waals surface area contributed by atoms with E-state index in [4.69, 9.17) is 4.74 Å². The zero-order chi connectivity index (χ0) is 14.1. The van der Waals surface area contributed by atoms with Crippen LogP contribution in [0, 0.1) is 13.8 Å². The number of nitrogens with one attached hydrogen (secondary N) is 2. The molecule has 1 heterocycles. The highest BCUT2D eigenvalue weighted by Crippen LogP contribution is 2.22. The molecule has 1 aromatic carbocycles. The molecule has 20 heavy (non-hydrogen) atoms. The van der Waals surface area contributed by atoms with Gasteiger partial charge in [0.1, 0.15) is 0 Å². The normalized spacial score (nSPS) is 14.1. The van der Waals surface area contributed by atoms with E-state index in [1.165, 1.54) is 11.1 Å². The summed E-state index contributed by atoms with van der Waals surface area (Å²) in [5, 5.41) is 2.94. The van der Waals surface area contributed by atoms with Gasteiger partial charge in [-0.25, -0.2) is 4.79 Å². The van der Waals surface area contributed by atoms with Gasteiger partial charge in [-0.3, -0.25) is 0 Å². The maximum absolute atomic E-state index is 11.9. The van der Waals surface area contributed by atoms with Gasteiger partial charge in [0.2, 0.25) is 0 Å². The van der Waals surface area contributed by atoms with Crippen molar-refractivity contribution in [1.82, 2.24) is 10.3 Å². The fourth-order valence-electron chi connectivity index (χ4n) is 2.76. The van der Waals surface area contributed by atoms with Crippen molar-refractivity contribution in [3.63, 3.8) is 0 Å². The number of carbonyl (C=O) groups excluding carboxylic acids is 1. The highest BCUT2D eigenvalue weighted by molar-refractivity contribution is 5.71. The lowest BCUT2D eigenvalue weighted by Gasteiger charge is -2.11. The minimum absolute atomic E-state index is 0.125. The van der Waals surface area contributed by atoms with Gasteiger partial charge in [0.05, 0.1) is 5.69 Å². The van der Waals surface area contributed by atoms with Crippen molar-refractivity contribution >= 4 is 6.09 Å². The summed E-state index contributed by atoms with van der Waals surface area (Å²) in [6.45, 7) is 3.83. The van der Waals surface area contributed by atoms with Crippen LogP contribution in [0.2, 0.25) is 0 Å². The third kappa shape index (κ3) is 2.54. The van der Waals surface area contributed by atoms with Crippen LogP contribution in [0.3, 0.4) is 0 Å². The van der Waals surface area contributed by atoms with Crippen molar-refractivity contribution in [2.75, 3.05) is 0 Å². The molecule has 0 saturated heterocycles. The SMILES string of the molecule is Cc1cc(OC(=O)NC2Cc3ccccc3C2)c(C)[nH]1. The molecule has 4 heteroatoms. The topological polar surface area (TPSA) is 54.1 Å². The van der Waals surface area contributed by atoms with E-state index in [1.54, 1.807) is 0 Å². The number of benzene rings is 1. The first kappa shape index (κ1) is 12.8. The smallest absolute Gasteiger partial charge is 0.408 e. The van der Waals surface area contributed by atoms with E-state index in [1.807, 2.05) is 32.0 Å². The molecule has 1 aliphatic carbocycles. The highest BCUT2D eigenvalue weighted by Gasteiger charge is 2.23. The maximum atomic E-state index is 11.9. The standard InChI is InChI=1S/C16H18N2O2/c1-10-7-15(11(2)17-10)20-16(19)18-14-8-12-5-3-4-6-13(12)9-14/h3-7,14,17H,8-9H2,1-2H3,(H,18,19). The second kappa shape index (κ2) is 5.04. The Kier molecular flexibility index (Phi) is 3.22. The van der Waals surface area contributed by atoms with Gasteiger partial charge in [-0.1, -0.05) is 24.3 Å². The molecule has 2 N–H and O–H groups in total. The molecule has 0 spiro atoms. The fraction of sp³-hybridized carbons (Fsp3) is 0.312. The number of aromatic amines is 1. The van der Waals surface area contributed by atoms with E-state index >= 15 is 0 Å². The van der Waals surface area contributed by atoms with Gasteiger partial charge in [0.25, 0.3) is 0 Å². The number of hydrogen-bond donors (Lipinski definition) is 2. The molecule has 0 bridgehead atoms. The molecule has 0 atom stereocenters. The average molecular weight is 270 g/mol. The van der Waals surface area contributed by atoms with Crippen LogP contribution >= 0.6 is 0 Å². The maximum Gasteiger partial charge on any atom is 0.412 e. The third-order valence-corrected chi connectivity index (χ3v) is 3.68. The van der Waals surface area contributed by atoms with Crippen LogP contribution in [0.25, 0.3) is 0 Å². The van der Waals surface area contributed by atoms with Crippen molar-refractivity contribution in [2.24, 2.45) is 0 Å². The summed E-state index contributed by atoms with van der Waals surface area (Å²) in [5.74, 6) is 0.593. The Morgan fingerprint density at radius 2 is 1.90 bits per heavy atom. The lowest BCUT2D eigenvalue weighted by Crippen LogP contribution is -2.37. The highest BCUT2D eigenvalue weighted by atomic mass is 16.6. The minimum atomic E-state index is -0.384. The lowest BCUT2D eigenvalue weighted by atomic mass is 10.1. The predicted molar refractivity (Wildman–Crippen MR) is 77.1 cm³/mol. The van der Waals surface area contributed by atoms with Crippen molar-refractivity contribution in [3.05, 3.63) is 52.8 Å². The summed E-state index contributed by atoms with van der Waals surface area (Å²) in [6.07, 6.45) is 1.36. The first-order valence-electron chi connectivity index (χ1n) is 6.83. The van der Waals surface area contributed by atoms with Crippen LogP contribution in [0.4, 0.5) is 4.79 Å². The van der Waals surface area contributed by atoms with Crippen LogP contribution in [0.15, 0.2) is 30.3 Å². The number of carbonyl (C=O) groups is 1. The molecule has 2 aromatic rings. The quantitative estimate of drug-likeness (QED) is 0.881. The third-order valence-electron chi connectivity index (χ3n) is 3.68. The lowest BCUT2D eigenvalue weighted by molar-refractivity contribution is 0.196. The van der Waals surface area contributed by atoms with Crippen molar-refractivity contribution in [3.8, 4) is 5.75 Å². The molecule has 4 nitrogen and oxygen atoms in total. The number of fused-ring (bicyclic) bond motifs is 1. The van der Waals surface area contributed by atoms with Gasteiger partial charge in [0, 0.05) is 17.8 Å². The number of H-pyrrole nitrogens is 1. The second-order valence-electron chi connectivity index (χ2n) is 5.35.